The molecule has 2 aromatic carbocycles. The highest BCUT2D eigenvalue weighted by Gasteiger charge is 2.37. The third kappa shape index (κ3) is 6.88. The van der Waals surface area contributed by atoms with E-state index in [1.54, 1.807) is 18.2 Å². The third-order valence-electron chi connectivity index (χ3n) is 4.25. The van der Waals surface area contributed by atoms with E-state index in [-0.39, 0.29) is 17.8 Å². The van der Waals surface area contributed by atoms with Gasteiger partial charge in [-0.25, -0.2) is 4.79 Å². The molecule has 1 heterocycles. The van der Waals surface area contributed by atoms with E-state index in [9.17, 15) is 31.1 Å². The summed E-state index contributed by atoms with van der Waals surface area (Å²) in [5.41, 5.74) is -3.83. The maximum absolute atomic E-state index is 13.0. The number of hydrogen-bond donors (Lipinski definition) is 2. The average Bonchev–Trinajstić information content (AvgIpc) is 3.23. The van der Waals surface area contributed by atoms with E-state index in [2.05, 4.69) is 15.5 Å². The molecule has 3 aromatic rings. The Balaban J connectivity index is 1.64. The number of methoxy groups -OCH3 is 2. The first-order chi connectivity index (χ1) is 16.4. The van der Waals surface area contributed by atoms with Crippen molar-refractivity contribution >= 4 is 28.2 Å². The molecule has 0 radical (unpaired) electrons. The van der Waals surface area contributed by atoms with Crippen LogP contribution in [-0.2, 0) is 19.0 Å². The lowest BCUT2D eigenvalue weighted by molar-refractivity contribution is -0.143. The van der Waals surface area contributed by atoms with Crippen molar-refractivity contribution in [1.82, 2.24) is 10.2 Å². The van der Waals surface area contributed by atoms with Gasteiger partial charge in [-0.1, -0.05) is 11.3 Å². The van der Waals surface area contributed by atoms with Gasteiger partial charge in [-0.2, -0.15) is 26.3 Å². The average molecular weight is 522 g/mol. The van der Waals surface area contributed by atoms with Crippen LogP contribution in [0.3, 0.4) is 0 Å². The zero-order valence-electron chi connectivity index (χ0n) is 17.9. The molecule has 0 saturated carbocycles. The summed E-state index contributed by atoms with van der Waals surface area (Å²) in [6.45, 7) is -0.0426. The molecule has 0 fully saturated rings. The number of alkyl halides is 6. The van der Waals surface area contributed by atoms with Crippen LogP contribution in [0.1, 0.15) is 16.1 Å². The Kier molecular flexibility index (Phi) is 7.57. The number of urea groups is 1. The molecular weight excluding hydrogens is 506 g/mol. The fourth-order valence-corrected chi connectivity index (χ4v) is 3.35. The number of carbonyl (C=O) groups excluding carboxylic acids is 1. The van der Waals surface area contributed by atoms with Crippen LogP contribution in [-0.4, -0.2) is 30.4 Å². The molecule has 0 aliphatic carbocycles. The Morgan fingerprint density at radius 3 is 2.09 bits per heavy atom. The predicted octanol–water partition coefficient (Wildman–Crippen LogP) is 5.82. The quantitative estimate of drug-likeness (QED) is 0.380. The minimum absolute atomic E-state index is 0.0426. The molecule has 1 aromatic heterocycles. The molecule has 0 spiro atoms. The summed E-state index contributed by atoms with van der Waals surface area (Å²) in [4.78, 5) is 12.1. The number of rotatable bonds is 7. The lowest BCUT2D eigenvalue weighted by Gasteiger charge is -2.14. The molecule has 35 heavy (non-hydrogen) atoms. The molecule has 0 aliphatic rings. The zero-order valence-corrected chi connectivity index (χ0v) is 18.7. The molecule has 0 bridgehead atoms. The monoisotopic (exact) mass is 522 g/mol. The Morgan fingerprint density at radius 1 is 0.886 bits per heavy atom. The summed E-state index contributed by atoms with van der Waals surface area (Å²) >= 11 is 0.888. The number of halogens is 6. The van der Waals surface area contributed by atoms with Gasteiger partial charge in [0.2, 0.25) is 5.13 Å². The molecular formula is C20H16F6N4O4S. The van der Waals surface area contributed by atoms with E-state index >= 15 is 0 Å². The van der Waals surface area contributed by atoms with E-state index < -0.39 is 35.2 Å². The fraction of sp³-hybridized carbons (Fsp3) is 0.250. The Bertz CT molecular complexity index is 1170. The van der Waals surface area contributed by atoms with Gasteiger partial charge in [0.05, 0.1) is 25.3 Å². The highest BCUT2D eigenvalue weighted by atomic mass is 32.1. The standard InChI is InChI=1S/C20H16F6N4O4S/c1-32-14-4-3-13(8-15(14)33-2)34-9-16-29-30-18(35-16)28-17(31)27-12-6-10(19(21,22)23)5-11(7-12)20(24,25)26/h3-8H,9H2,1-2H3,(H2,27,28,30,31). The number of hydrogen-bond acceptors (Lipinski definition) is 7. The van der Waals surface area contributed by atoms with E-state index in [1.165, 1.54) is 14.2 Å². The fourth-order valence-electron chi connectivity index (χ4n) is 2.70. The normalized spacial score (nSPS) is 11.7. The van der Waals surface area contributed by atoms with Crippen molar-refractivity contribution in [1.29, 1.82) is 0 Å². The number of aromatic nitrogens is 2. The first kappa shape index (κ1) is 25.9. The summed E-state index contributed by atoms with van der Waals surface area (Å²) in [5, 5.41) is 11.9. The van der Waals surface area contributed by atoms with Crippen LogP contribution in [0.4, 0.5) is 42.0 Å². The summed E-state index contributed by atoms with van der Waals surface area (Å²) in [6.07, 6.45) is -10.1. The Morgan fingerprint density at radius 2 is 1.51 bits per heavy atom. The van der Waals surface area contributed by atoms with Crippen LogP contribution in [0.5, 0.6) is 17.2 Å². The van der Waals surface area contributed by atoms with Crippen molar-refractivity contribution < 1.29 is 45.3 Å². The molecule has 0 unspecified atom stereocenters. The summed E-state index contributed by atoms with van der Waals surface area (Å²) in [5.74, 6) is 1.36. The van der Waals surface area contributed by atoms with Crippen molar-refractivity contribution in [2.45, 2.75) is 19.0 Å². The number of ether oxygens (including phenoxy) is 3. The van der Waals surface area contributed by atoms with Crippen LogP contribution < -0.4 is 24.8 Å². The third-order valence-corrected chi connectivity index (χ3v) is 5.06. The molecule has 0 atom stereocenters. The SMILES string of the molecule is COc1ccc(OCc2nnc(NC(=O)Nc3cc(C(F)(F)F)cc(C(F)(F)F)c3)s2)cc1OC. The molecule has 0 aliphatic heterocycles. The Labute approximate surface area is 197 Å². The van der Waals surface area contributed by atoms with Gasteiger partial charge in [0.1, 0.15) is 12.4 Å². The smallest absolute Gasteiger partial charge is 0.416 e. The van der Waals surface area contributed by atoms with Crippen LogP contribution >= 0.6 is 11.3 Å². The summed E-state index contributed by atoms with van der Waals surface area (Å²) in [7, 11) is 2.94. The van der Waals surface area contributed by atoms with Crippen LogP contribution in [0.15, 0.2) is 36.4 Å². The summed E-state index contributed by atoms with van der Waals surface area (Å²) in [6, 6.07) is 4.45. The van der Waals surface area contributed by atoms with Gasteiger partial charge in [-0.3, -0.25) is 5.32 Å². The van der Waals surface area contributed by atoms with E-state index in [0.717, 1.165) is 11.3 Å². The van der Waals surface area contributed by atoms with Gasteiger partial charge >= 0.3 is 18.4 Å². The number of benzene rings is 2. The first-order valence-corrected chi connectivity index (χ1v) is 10.3. The number of anilines is 2. The van der Waals surface area contributed by atoms with Crippen molar-refractivity contribution in [3.8, 4) is 17.2 Å². The van der Waals surface area contributed by atoms with Crippen LogP contribution in [0.2, 0.25) is 0 Å². The van der Waals surface area contributed by atoms with Gasteiger partial charge in [-0.15, -0.1) is 10.2 Å². The molecule has 2 amide bonds. The van der Waals surface area contributed by atoms with Crippen LogP contribution in [0.25, 0.3) is 0 Å². The van der Waals surface area contributed by atoms with Gasteiger partial charge in [-0.05, 0) is 30.3 Å². The second kappa shape index (κ2) is 10.2. The minimum Gasteiger partial charge on any atom is -0.493 e. The Hall–Kier alpha value is -3.75. The zero-order chi connectivity index (χ0) is 25.8. The van der Waals surface area contributed by atoms with E-state index in [0.29, 0.717) is 34.4 Å². The number of nitrogens with zero attached hydrogens (tertiary/aromatic N) is 2. The molecule has 3 rings (SSSR count). The van der Waals surface area contributed by atoms with Gasteiger partial charge in [0, 0.05) is 11.8 Å². The molecule has 0 saturated heterocycles. The number of nitrogens with one attached hydrogen (secondary N) is 2. The highest BCUT2D eigenvalue weighted by Crippen LogP contribution is 2.37. The number of carbonyl (C=O) groups is 1. The maximum Gasteiger partial charge on any atom is 0.416 e. The highest BCUT2D eigenvalue weighted by molar-refractivity contribution is 7.15. The van der Waals surface area contributed by atoms with Crippen molar-refractivity contribution in [3.63, 3.8) is 0 Å². The molecule has 2 N–H and O–H groups in total. The van der Waals surface area contributed by atoms with Gasteiger partial charge < -0.3 is 19.5 Å². The minimum atomic E-state index is -5.05. The predicted molar refractivity (Wildman–Crippen MR) is 113 cm³/mol. The van der Waals surface area contributed by atoms with E-state index in [4.69, 9.17) is 14.2 Å². The van der Waals surface area contributed by atoms with Gasteiger partial charge in [0.15, 0.2) is 16.5 Å². The molecule has 8 nitrogen and oxygen atoms in total. The maximum atomic E-state index is 13.0. The van der Waals surface area contributed by atoms with Crippen molar-refractivity contribution in [3.05, 3.63) is 52.5 Å². The topological polar surface area (TPSA) is 94.6 Å². The second-order valence-electron chi connectivity index (χ2n) is 6.68. The lowest BCUT2D eigenvalue weighted by Crippen LogP contribution is -2.20. The largest absolute Gasteiger partial charge is 0.493 e. The molecule has 15 heteroatoms. The van der Waals surface area contributed by atoms with Crippen molar-refractivity contribution in [2.24, 2.45) is 0 Å². The second-order valence-corrected chi connectivity index (χ2v) is 7.74. The molecule has 188 valence electrons. The lowest BCUT2D eigenvalue weighted by atomic mass is 10.1. The van der Waals surface area contributed by atoms with Crippen LogP contribution in [0, 0.1) is 0 Å². The van der Waals surface area contributed by atoms with Crippen molar-refractivity contribution in [2.75, 3.05) is 24.9 Å². The number of amides is 2. The van der Waals surface area contributed by atoms with Gasteiger partial charge in [0.25, 0.3) is 0 Å². The first-order valence-electron chi connectivity index (χ1n) is 9.43. The van der Waals surface area contributed by atoms with E-state index in [1.807, 2.05) is 5.32 Å². The summed E-state index contributed by atoms with van der Waals surface area (Å²) < 4.78 is 93.6.